The van der Waals surface area contributed by atoms with Crippen molar-refractivity contribution in [2.24, 2.45) is 0 Å². The summed E-state index contributed by atoms with van der Waals surface area (Å²) in [6.45, 7) is 3.99. The van der Waals surface area contributed by atoms with E-state index in [1.54, 1.807) is 20.3 Å². The molecule has 0 spiro atoms. The molecule has 2 rings (SSSR count). The number of anilines is 1. The number of rotatable bonds is 6. The first kappa shape index (κ1) is 19.5. The number of nitrogens with one attached hydrogen (secondary N) is 2. The number of hydrogen-bond donors (Lipinski definition) is 2. The van der Waals surface area contributed by atoms with Gasteiger partial charge in [-0.1, -0.05) is 30.3 Å². The lowest BCUT2D eigenvalue weighted by atomic mass is 10.1. The Morgan fingerprint density at radius 2 is 1.73 bits per heavy atom. The van der Waals surface area contributed by atoms with E-state index in [1.807, 2.05) is 50.2 Å². The average Bonchev–Trinajstić information content (AvgIpc) is 2.66. The molecule has 2 aromatic carbocycles. The molecule has 0 saturated carbocycles. The topological polar surface area (TPSA) is 76.7 Å². The molecule has 0 radical (unpaired) electrons. The van der Waals surface area contributed by atoms with Crippen molar-refractivity contribution in [2.45, 2.75) is 20.0 Å². The quantitative estimate of drug-likeness (QED) is 0.781. The first-order valence-corrected chi connectivity index (χ1v) is 8.29. The van der Waals surface area contributed by atoms with Gasteiger partial charge in [-0.25, -0.2) is 0 Å². The molecule has 2 aromatic rings. The fourth-order valence-electron chi connectivity index (χ4n) is 2.58. The summed E-state index contributed by atoms with van der Waals surface area (Å²) in [7, 11) is 3.11. The minimum absolute atomic E-state index is 0.149. The molecule has 0 heterocycles. The maximum atomic E-state index is 12.1. The fourth-order valence-corrected chi connectivity index (χ4v) is 2.58. The van der Waals surface area contributed by atoms with Crippen molar-refractivity contribution in [1.29, 1.82) is 0 Å². The number of aryl methyl sites for hydroxylation is 1. The molecule has 0 aliphatic carbocycles. The highest BCUT2D eigenvalue weighted by molar-refractivity contribution is 6.39. The number of methoxy groups -OCH3 is 2. The van der Waals surface area contributed by atoms with E-state index < -0.39 is 17.9 Å². The van der Waals surface area contributed by atoms with Crippen LogP contribution in [0.5, 0.6) is 5.75 Å². The van der Waals surface area contributed by atoms with Gasteiger partial charge >= 0.3 is 11.8 Å². The van der Waals surface area contributed by atoms with E-state index in [2.05, 4.69) is 10.6 Å². The summed E-state index contributed by atoms with van der Waals surface area (Å²) in [6, 6.07) is 12.9. The van der Waals surface area contributed by atoms with Crippen molar-refractivity contribution in [3.63, 3.8) is 0 Å². The number of ether oxygens (including phenoxy) is 2. The number of amides is 2. The van der Waals surface area contributed by atoms with Crippen LogP contribution in [0.3, 0.4) is 0 Å². The van der Waals surface area contributed by atoms with Gasteiger partial charge in [0.25, 0.3) is 0 Å². The Morgan fingerprint density at radius 3 is 2.42 bits per heavy atom. The second kappa shape index (κ2) is 9.01. The van der Waals surface area contributed by atoms with Crippen LogP contribution in [-0.2, 0) is 14.3 Å². The number of carbonyl (C=O) groups excluding carboxylic acids is 2. The molecule has 1 atom stereocenters. The minimum Gasteiger partial charge on any atom is -0.496 e. The Kier molecular flexibility index (Phi) is 6.74. The Labute approximate surface area is 153 Å². The number of benzene rings is 2. The predicted molar refractivity (Wildman–Crippen MR) is 100 cm³/mol. The second-order valence-electron chi connectivity index (χ2n) is 5.88. The van der Waals surface area contributed by atoms with E-state index in [9.17, 15) is 9.59 Å². The van der Waals surface area contributed by atoms with Crippen molar-refractivity contribution in [3.05, 3.63) is 59.2 Å². The van der Waals surface area contributed by atoms with Gasteiger partial charge in [0.05, 0.1) is 7.11 Å². The summed E-state index contributed by atoms with van der Waals surface area (Å²) in [5, 5.41) is 5.24. The minimum atomic E-state index is -0.720. The first-order chi connectivity index (χ1) is 12.5. The van der Waals surface area contributed by atoms with Gasteiger partial charge in [0.2, 0.25) is 0 Å². The highest BCUT2D eigenvalue weighted by atomic mass is 16.5. The van der Waals surface area contributed by atoms with Gasteiger partial charge < -0.3 is 20.1 Å². The van der Waals surface area contributed by atoms with Crippen molar-refractivity contribution >= 4 is 17.5 Å². The molecule has 138 valence electrons. The molecule has 1 unspecified atom stereocenters. The summed E-state index contributed by atoms with van der Waals surface area (Å²) >= 11 is 0. The lowest BCUT2D eigenvalue weighted by Gasteiger charge is -2.19. The fraction of sp³-hybridized carbons (Fsp3) is 0.300. The van der Waals surface area contributed by atoms with Crippen LogP contribution in [0.25, 0.3) is 0 Å². The highest BCUT2D eigenvalue weighted by Crippen LogP contribution is 2.26. The van der Waals surface area contributed by atoms with E-state index in [-0.39, 0.29) is 6.54 Å². The molecule has 26 heavy (non-hydrogen) atoms. The van der Waals surface area contributed by atoms with Gasteiger partial charge in [-0.15, -0.1) is 0 Å². The van der Waals surface area contributed by atoms with Gasteiger partial charge in [0.1, 0.15) is 11.9 Å². The molecule has 0 fully saturated rings. The molecular formula is C20H24N2O4. The SMILES string of the molecule is COc1ccccc1C(CNC(=O)C(=O)Nc1cccc(C)c1C)OC. The largest absolute Gasteiger partial charge is 0.496 e. The molecule has 0 aliphatic heterocycles. The highest BCUT2D eigenvalue weighted by Gasteiger charge is 2.20. The monoisotopic (exact) mass is 356 g/mol. The molecule has 0 aliphatic rings. The number of para-hydroxylation sites is 1. The van der Waals surface area contributed by atoms with E-state index in [0.717, 1.165) is 16.7 Å². The Bertz CT molecular complexity index is 789. The Hall–Kier alpha value is -2.86. The van der Waals surface area contributed by atoms with Gasteiger partial charge in [-0.3, -0.25) is 9.59 Å². The predicted octanol–water partition coefficient (Wildman–Crippen LogP) is 2.75. The molecule has 2 amide bonds. The summed E-state index contributed by atoms with van der Waals surface area (Å²) < 4.78 is 10.7. The summed E-state index contributed by atoms with van der Waals surface area (Å²) in [4.78, 5) is 24.3. The maximum Gasteiger partial charge on any atom is 0.313 e. The normalized spacial score (nSPS) is 11.5. The van der Waals surface area contributed by atoms with Crippen molar-refractivity contribution < 1.29 is 19.1 Å². The standard InChI is InChI=1S/C20H24N2O4/c1-13-8-7-10-16(14(13)2)22-20(24)19(23)21-12-18(26-4)15-9-5-6-11-17(15)25-3/h5-11,18H,12H2,1-4H3,(H,21,23)(H,22,24). The smallest absolute Gasteiger partial charge is 0.313 e. The van der Waals surface area contributed by atoms with Crippen molar-refractivity contribution in [1.82, 2.24) is 5.32 Å². The van der Waals surface area contributed by atoms with Crippen LogP contribution < -0.4 is 15.4 Å². The van der Waals surface area contributed by atoms with Crippen LogP contribution >= 0.6 is 0 Å². The number of hydrogen-bond acceptors (Lipinski definition) is 4. The average molecular weight is 356 g/mol. The van der Waals surface area contributed by atoms with Crippen molar-refractivity contribution in [3.8, 4) is 5.75 Å². The zero-order chi connectivity index (χ0) is 19.1. The zero-order valence-electron chi connectivity index (χ0n) is 15.5. The molecule has 2 N–H and O–H groups in total. The maximum absolute atomic E-state index is 12.1. The van der Waals surface area contributed by atoms with Gasteiger partial charge in [-0.2, -0.15) is 0 Å². The van der Waals surface area contributed by atoms with Gasteiger partial charge in [-0.05, 0) is 37.1 Å². The van der Waals surface area contributed by atoms with Crippen LogP contribution in [-0.4, -0.2) is 32.6 Å². The Morgan fingerprint density at radius 1 is 1.00 bits per heavy atom. The van der Waals surface area contributed by atoms with Crippen LogP contribution in [0.15, 0.2) is 42.5 Å². The lowest BCUT2D eigenvalue weighted by Crippen LogP contribution is -2.38. The van der Waals surface area contributed by atoms with E-state index >= 15 is 0 Å². The van der Waals surface area contributed by atoms with Gasteiger partial charge in [0.15, 0.2) is 0 Å². The second-order valence-corrected chi connectivity index (χ2v) is 5.88. The summed E-state index contributed by atoms with van der Waals surface area (Å²) in [5.41, 5.74) is 3.39. The van der Waals surface area contributed by atoms with Crippen LogP contribution in [0.2, 0.25) is 0 Å². The van der Waals surface area contributed by atoms with Crippen LogP contribution in [0.4, 0.5) is 5.69 Å². The third-order valence-corrected chi connectivity index (χ3v) is 4.28. The molecule has 0 aromatic heterocycles. The molecule has 6 nitrogen and oxygen atoms in total. The summed E-state index contributed by atoms with van der Waals surface area (Å²) in [6.07, 6.45) is -0.427. The van der Waals surface area contributed by atoms with Crippen LogP contribution in [0.1, 0.15) is 22.8 Å². The van der Waals surface area contributed by atoms with E-state index in [4.69, 9.17) is 9.47 Å². The molecule has 0 bridgehead atoms. The van der Waals surface area contributed by atoms with E-state index in [1.165, 1.54) is 0 Å². The summed E-state index contributed by atoms with van der Waals surface area (Å²) in [5.74, 6) is -0.773. The molecule has 0 saturated heterocycles. The third-order valence-electron chi connectivity index (χ3n) is 4.28. The van der Waals surface area contributed by atoms with Gasteiger partial charge in [0, 0.05) is 24.9 Å². The lowest BCUT2D eigenvalue weighted by molar-refractivity contribution is -0.136. The Balaban J connectivity index is 2.00. The first-order valence-electron chi connectivity index (χ1n) is 8.29. The van der Waals surface area contributed by atoms with Crippen LogP contribution in [0, 0.1) is 13.8 Å². The number of carbonyl (C=O) groups is 2. The van der Waals surface area contributed by atoms with Crippen molar-refractivity contribution in [2.75, 3.05) is 26.1 Å². The van der Waals surface area contributed by atoms with E-state index in [0.29, 0.717) is 11.4 Å². The zero-order valence-corrected chi connectivity index (χ0v) is 15.5. The molecular weight excluding hydrogens is 332 g/mol. The molecule has 6 heteroatoms. The third kappa shape index (κ3) is 4.61.